The van der Waals surface area contributed by atoms with Crippen LogP contribution in [-0.4, -0.2) is 23.8 Å². The molecule has 0 aromatic rings. The van der Waals surface area contributed by atoms with Gasteiger partial charge in [0.05, 0.1) is 0 Å². The smallest absolute Gasteiger partial charge is 0.481 e. The molecule has 0 saturated carbocycles. The summed E-state index contributed by atoms with van der Waals surface area (Å²) in [5.74, 6) is -0.833. The second-order valence-corrected chi connectivity index (χ2v) is 1.51. The Bertz CT molecular complexity index is 142. The Morgan fingerprint density at radius 2 is 1.23 bits per heavy atom. The van der Waals surface area contributed by atoms with Crippen molar-refractivity contribution in [3.05, 3.63) is 0 Å². The summed E-state index contributed by atoms with van der Waals surface area (Å²) >= 11 is 0. The van der Waals surface area contributed by atoms with Gasteiger partial charge < -0.3 is 5.11 Å². The number of carboxylic acids is 1. The predicted octanol–water partition coefficient (Wildman–Crippen LogP) is 2.13. The fourth-order valence-corrected chi connectivity index (χ4v) is 0.131. The molecule has 13 heavy (non-hydrogen) atoms. The first-order valence-electron chi connectivity index (χ1n) is 2.47. The molecule has 0 rings (SSSR count). The van der Waals surface area contributed by atoms with Gasteiger partial charge in [-0.15, -0.1) is 26.3 Å². The minimum atomic E-state index is -5.64. The van der Waals surface area contributed by atoms with Gasteiger partial charge in [0.2, 0.25) is 0 Å². The molecule has 0 unspecified atom stereocenters. The number of rotatable bonds is 0. The molecule has 9 heteroatoms. The quantitative estimate of drug-likeness (QED) is 0.628. The lowest BCUT2D eigenvalue weighted by molar-refractivity contribution is -0.463. The highest BCUT2D eigenvalue weighted by atomic mass is 19.4. The number of aliphatic carboxylic acids is 1. The van der Waals surface area contributed by atoms with Gasteiger partial charge in [-0.05, 0) is 0 Å². The van der Waals surface area contributed by atoms with Crippen molar-refractivity contribution in [1.29, 1.82) is 0 Å². The molecule has 0 heterocycles. The molecule has 1 N–H and O–H groups in total. The second kappa shape index (κ2) is 4.90. The van der Waals surface area contributed by atoms with Crippen LogP contribution < -0.4 is 0 Å². The number of carbonyl (C=O) groups is 1. The van der Waals surface area contributed by atoms with Crippen LogP contribution in [0.15, 0.2) is 0 Å². The molecule has 0 radical (unpaired) electrons. The Labute approximate surface area is 67.9 Å². The second-order valence-electron chi connectivity index (χ2n) is 1.51. The van der Waals surface area contributed by atoms with Crippen molar-refractivity contribution in [2.45, 2.75) is 19.6 Å². The number of ether oxygens (including phenoxy) is 1. The number of carboxylic acid groups (broad SMARTS) is 1. The van der Waals surface area contributed by atoms with Gasteiger partial charge in [0, 0.05) is 6.92 Å². The van der Waals surface area contributed by atoms with Crippen molar-refractivity contribution in [2.75, 3.05) is 0 Å². The first kappa shape index (κ1) is 14.5. The molecule has 0 spiro atoms. The Kier molecular flexibility index (Phi) is 5.47. The fraction of sp³-hybridized carbons (Fsp3) is 0.750. The van der Waals surface area contributed by atoms with Crippen molar-refractivity contribution in [3.63, 3.8) is 0 Å². The molecule has 3 nitrogen and oxygen atoms in total. The molecular weight excluding hydrogens is 210 g/mol. The van der Waals surface area contributed by atoms with Crippen molar-refractivity contribution >= 4 is 5.97 Å². The molecule has 0 aliphatic heterocycles. The molecule has 0 amide bonds. The third kappa shape index (κ3) is 35.6. The zero-order valence-corrected chi connectivity index (χ0v) is 6.03. The molecule has 0 aliphatic rings. The van der Waals surface area contributed by atoms with E-state index in [4.69, 9.17) is 9.90 Å². The van der Waals surface area contributed by atoms with Crippen LogP contribution in [-0.2, 0) is 9.53 Å². The highest BCUT2D eigenvalue weighted by Crippen LogP contribution is 2.28. The first-order valence-corrected chi connectivity index (χ1v) is 2.47. The average molecular weight is 214 g/mol. The zero-order valence-electron chi connectivity index (χ0n) is 6.03. The third-order valence-electron chi connectivity index (χ3n) is 0.231. The maximum Gasteiger partial charge on any atom is 0.529 e. The standard InChI is InChI=1S/C2F6O.C2H4O2/c3-1(4,5)9-2(6,7)8;1-2(3)4/h;1H3,(H,3,4). The van der Waals surface area contributed by atoms with Crippen LogP contribution in [0.1, 0.15) is 6.92 Å². The van der Waals surface area contributed by atoms with E-state index in [-0.39, 0.29) is 0 Å². The molecular formula is C4H4F6O3. The molecule has 0 atom stereocenters. The Hall–Kier alpha value is -0.990. The van der Waals surface area contributed by atoms with Gasteiger partial charge in [0.1, 0.15) is 0 Å². The highest BCUT2D eigenvalue weighted by molar-refractivity contribution is 5.62. The minimum absolute atomic E-state index is 0.833. The van der Waals surface area contributed by atoms with Crippen molar-refractivity contribution in [3.8, 4) is 0 Å². The largest absolute Gasteiger partial charge is 0.529 e. The molecule has 0 aromatic carbocycles. The lowest BCUT2D eigenvalue weighted by atomic mass is 10.9. The molecule has 0 aliphatic carbocycles. The van der Waals surface area contributed by atoms with E-state index < -0.39 is 18.7 Å². The maximum absolute atomic E-state index is 10.6. The van der Waals surface area contributed by atoms with Crippen LogP contribution in [0, 0.1) is 0 Å². The van der Waals surface area contributed by atoms with Crippen molar-refractivity contribution in [1.82, 2.24) is 0 Å². The van der Waals surface area contributed by atoms with Crippen LogP contribution in [0.4, 0.5) is 26.3 Å². The summed E-state index contributed by atoms with van der Waals surface area (Å²) in [7, 11) is 0. The van der Waals surface area contributed by atoms with Gasteiger partial charge in [-0.1, -0.05) is 0 Å². The number of alkyl halides is 6. The zero-order chi connectivity index (χ0) is 11.3. The van der Waals surface area contributed by atoms with Crippen LogP contribution >= 0.6 is 0 Å². The van der Waals surface area contributed by atoms with E-state index in [1.54, 1.807) is 4.74 Å². The normalized spacial score (nSPS) is 11.6. The Balaban J connectivity index is 0. The van der Waals surface area contributed by atoms with Gasteiger partial charge in [-0.2, -0.15) is 4.74 Å². The van der Waals surface area contributed by atoms with E-state index in [1.807, 2.05) is 0 Å². The summed E-state index contributed by atoms with van der Waals surface area (Å²) in [6.07, 6.45) is -11.3. The van der Waals surface area contributed by atoms with E-state index in [9.17, 15) is 26.3 Å². The van der Waals surface area contributed by atoms with Crippen LogP contribution in [0.2, 0.25) is 0 Å². The lowest BCUT2D eigenvalue weighted by Gasteiger charge is -2.08. The summed E-state index contributed by atoms with van der Waals surface area (Å²) in [6.45, 7) is 1.08. The Morgan fingerprint density at radius 1 is 1.08 bits per heavy atom. The molecule has 80 valence electrons. The summed E-state index contributed by atoms with van der Waals surface area (Å²) < 4.78 is 65.3. The number of hydrogen-bond donors (Lipinski definition) is 1. The average Bonchev–Trinajstić information content (AvgIpc) is 1.47. The minimum Gasteiger partial charge on any atom is -0.481 e. The van der Waals surface area contributed by atoms with Crippen LogP contribution in [0.3, 0.4) is 0 Å². The lowest BCUT2D eigenvalue weighted by Crippen LogP contribution is -2.25. The third-order valence-corrected chi connectivity index (χ3v) is 0.231. The molecule has 0 bridgehead atoms. The van der Waals surface area contributed by atoms with E-state index in [0.717, 1.165) is 6.92 Å². The summed E-state index contributed by atoms with van der Waals surface area (Å²) in [4.78, 5) is 9.00. The molecule has 0 saturated heterocycles. The van der Waals surface area contributed by atoms with Crippen molar-refractivity contribution < 1.29 is 41.0 Å². The predicted molar refractivity (Wildman–Crippen MR) is 26.5 cm³/mol. The SMILES string of the molecule is CC(=O)O.FC(F)(F)OC(F)(F)F. The monoisotopic (exact) mass is 214 g/mol. The number of hydrogen-bond acceptors (Lipinski definition) is 2. The van der Waals surface area contributed by atoms with Gasteiger partial charge in [-0.25, -0.2) is 0 Å². The van der Waals surface area contributed by atoms with Gasteiger partial charge in [-0.3, -0.25) is 4.79 Å². The summed E-state index contributed by atoms with van der Waals surface area (Å²) in [5, 5.41) is 7.42. The Morgan fingerprint density at radius 3 is 1.23 bits per heavy atom. The molecule has 0 aromatic heterocycles. The van der Waals surface area contributed by atoms with E-state index in [2.05, 4.69) is 0 Å². The van der Waals surface area contributed by atoms with Crippen LogP contribution in [0.5, 0.6) is 0 Å². The van der Waals surface area contributed by atoms with Crippen molar-refractivity contribution in [2.24, 2.45) is 0 Å². The fourth-order valence-electron chi connectivity index (χ4n) is 0.131. The molecule has 0 fully saturated rings. The van der Waals surface area contributed by atoms with Gasteiger partial charge >= 0.3 is 12.7 Å². The van der Waals surface area contributed by atoms with E-state index >= 15 is 0 Å². The summed E-state index contributed by atoms with van der Waals surface area (Å²) in [6, 6.07) is 0. The highest BCUT2D eigenvalue weighted by Gasteiger charge is 2.45. The number of halogens is 6. The van der Waals surface area contributed by atoms with Crippen LogP contribution in [0.25, 0.3) is 0 Å². The maximum atomic E-state index is 10.6. The van der Waals surface area contributed by atoms with Gasteiger partial charge in [0.25, 0.3) is 5.97 Å². The van der Waals surface area contributed by atoms with E-state index in [1.165, 1.54) is 0 Å². The topological polar surface area (TPSA) is 46.5 Å². The first-order chi connectivity index (χ1) is 5.44. The summed E-state index contributed by atoms with van der Waals surface area (Å²) in [5.41, 5.74) is 0. The van der Waals surface area contributed by atoms with E-state index in [0.29, 0.717) is 0 Å². The van der Waals surface area contributed by atoms with Gasteiger partial charge in [0.15, 0.2) is 0 Å².